The third-order valence-corrected chi connectivity index (χ3v) is 4.88. The first-order chi connectivity index (χ1) is 8.52. The minimum Gasteiger partial charge on any atom is -0.329 e. The summed E-state index contributed by atoms with van der Waals surface area (Å²) >= 11 is 3.68. The Bertz CT molecular complexity index is 409. The lowest BCUT2D eigenvalue weighted by atomic mass is 10.0. The Hall–Kier alpha value is -0.380. The van der Waals surface area contributed by atoms with E-state index in [0.29, 0.717) is 12.6 Å². The average Bonchev–Trinajstić information content (AvgIpc) is 2.63. The van der Waals surface area contributed by atoms with Crippen LogP contribution in [0.25, 0.3) is 0 Å². The summed E-state index contributed by atoms with van der Waals surface area (Å²) in [6, 6.07) is 6.91. The highest BCUT2D eigenvalue weighted by molar-refractivity contribution is 9.10. The molecule has 1 aromatic carbocycles. The lowest BCUT2D eigenvalue weighted by molar-refractivity contribution is 0.239. The molecule has 1 saturated heterocycles. The molecular formula is C15H23BrN2. The zero-order chi connectivity index (χ0) is 13.3. The molecule has 1 aliphatic rings. The number of likely N-dealkylation sites (tertiary alicyclic amines) is 1. The van der Waals surface area contributed by atoms with Crippen LogP contribution in [0.5, 0.6) is 0 Å². The topological polar surface area (TPSA) is 29.3 Å². The van der Waals surface area contributed by atoms with Crippen molar-refractivity contribution in [3.63, 3.8) is 0 Å². The molecule has 0 aliphatic carbocycles. The Morgan fingerprint density at radius 2 is 1.94 bits per heavy atom. The zero-order valence-corrected chi connectivity index (χ0v) is 13.1. The van der Waals surface area contributed by atoms with Gasteiger partial charge in [-0.1, -0.05) is 41.9 Å². The van der Waals surface area contributed by atoms with Crippen LogP contribution < -0.4 is 5.73 Å². The number of nitrogens with zero attached hydrogens (tertiary/aromatic N) is 1. The van der Waals surface area contributed by atoms with E-state index >= 15 is 0 Å². The molecule has 0 saturated carbocycles. The molecule has 3 atom stereocenters. The second-order valence-electron chi connectivity index (χ2n) is 5.68. The van der Waals surface area contributed by atoms with Crippen LogP contribution in [-0.4, -0.2) is 24.5 Å². The van der Waals surface area contributed by atoms with Crippen molar-refractivity contribution in [1.29, 1.82) is 0 Å². The summed E-state index contributed by atoms with van der Waals surface area (Å²) in [5.74, 6) is 1.53. The first-order valence-corrected chi connectivity index (χ1v) is 7.52. The Labute approximate surface area is 119 Å². The van der Waals surface area contributed by atoms with Crippen molar-refractivity contribution in [2.45, 2.75) is 26.8 Å². The summed E-state index contributed by atoms with van der Waals surface area (Å²) in [4.78, 5) is 2.53. The van der Waals surface area contributed by atoms with Crippen LogP contribution in [0.3, 0.4) is 0 Å². The molecule has 2 N–H and O–H groups in total. The molecular weight excluding hydrogens is 288 g/mol. The molecule has 2 rings (SSSR count). The summed E-state index contributed by atoms with van der Waals surface area (Å²) in [6.45, 7) is 9.78. The van der Waals surface area contributed by atoms with Gasteiger partial charge in [0.1, 0.15) is 0 Å². The van der Waals surface area contributed by atoms with E-state index in [4.69, 9.17) is 5.73 Å². The van der Waals surface area contributed by atoms with Crippen molar-refractivity contribution in [3.05, 3.63) is 33.8 Å². The van der Waals surface area contributed by atoms with Crippen LogP contribution in [0.1, 0.15) is 31.0 Å². The van der Waals surface area contributed by atoms with E-state index in [9.17, 15) is 0 Å². The van der Waals surface area contributed by atoms with Gasteiger partial charge in [-0.3, -0.25) is 4.90 Å². The smallest absolute Gasteiger partial charge is 0.0481 e. The van der Waals surface area contributed by atoms with Crippen LogP contribution in [-0.2, 0) is 0 Å². The van der Waals surface area contributed by atoms with E-state index in [1.807, 2.05) is 0 Å². The van der Waals surface area contributed by atoms with E-state index in [-0.39, 0.29) is 0 Å². The van der Waals surface area contributed by atoms with E-state index < -0.39 is 0 Å². The molecule has 100 valence electrons. The van der Waals surface area contributed by atoms with E-state index in [1.165, 1.54) is 15.6 Å². The van der Waals surface area contributed by atoms with E-state index in [1.54, 1.807) is 0 Å². The lowest BCUT2D eigenvalue weighted by Gasteiger charge is -2.28. The van der Waals surface area contributed by atoms with Gasteiger partial charge in [-0.2, -0.15) is 0 Å². The van der Waals surface area contributed by atoms with Gasteiger partial charge in [-0.15, -0.1) is 0 Å². The van der Waals surface area contributed by atoms with Gasteiger partial charge in [-0.05, 0) is 36.0 Å². The molecule has 0 radical (unpaired) electrons. The van der Waals surface area contributed by atoms with Gasteiger partial charge in [0, 0.05) is 30.1 Å². The zero-order valence-electron chi connectivity index (χ0n) is 11.5. The minimum atomic E-state index is 0.340. The van der Waals surface area contributed by atoms with Gasteiger partial charge in [0.05, 0.1) is 0 Å². The van der Waals surface area contributed by atoms with Crippen molar-refractivity contribution in [2.75, 3.05) is 19.6 Å². The van der Waals surface area contributed by atoms with Gasteiger partial charge in [0.25, 0.3) is 0 Å². The van der Waals surface area contributed by atoms with Gasteiger partial charge >= 0.3 is 0 Å². The third-order valence-electron chi connectivity index (χ3n) is 4.20. The highest BCUT2D eigenvalue weighted by Crippen LogP contribution is 2.33. The van der Waals surface area contributed by atoms with Gasteiger partial charge in [0.15, 0.2) is 0 Å². The Morgan fingerprint density at radius 3 is 2.44 bits per heavy atom. The molecule has 1 aliphatic heterocycles. The Balaban J connectivity index is 2.23. The van der Waals surface area contributed by atoms with Crippen molar-refractivity contribution in [1.82, 2.24) is 4.90 Å². The second-order valence-corrected chi connectivity index (χ2v) is 6.54. The van der Waals surface area contributed by atoms with E-state index in [0.717, 1.165) is 24.9 Å². The molecule has 1 aromatic rings. The third kappa shape index (κ3) is 2.79. The summed E-state index contributed by atoms with van der Waals surface area (Å²) in [7, 11) is 0. The molecule has 0 aromatic heterocycles. The SMILES string of the molecule is Cc1ccc(C(CN)N2CC(C)C(C)C2)c(Br)c1. The molecule has 3 heteroatoms. The number of halogens is 1. The fourth-order valence-corrected chi connectivity index (χ4v) is 3.56. The number of aryl methyl sites for hydroxylation is 1. The largest absolute Gasteiger partial charge is 0.329 e. The summed E-state index contributed by atoms with van der Waals surface area (Å²) in [5.41, 5.74) is 8.63. The molecule has 18 heavy (non-hydrogen) atoms. The fraction of sp³-hybridized carbons (Fsp3) is 0.600. The maximum absolute atomic E-state index is 6.02. The molecule has 1 fully saturated rings. The van der Waals surface area contributed by atoms with Crippen molar-refractivity contribution < 1.29 is 0 Å². The lowest BCUT2D eigenvalue weighted by Crippen LogP contribution is -2.32. The molecule has 0 amide bonds. The Morgan fingerprint density at radius 1 is 1.33 bits per heavy atom. The summed E-state index contributed by atoms with van der Waals surface area (Å²) in [6.07, 6.45) is 0. The van der Waals surface area contributed by atoms with Crippen molar-refractivity contribution in [2.24, 2.45) is 17.6 Å². The Kier molecular flexibility index (Phi) is 4.46. The van der Waals surface area contributed by atoms with Crippen LogP contribution in [0.2, 0.25) is 0 Å². The first kappa shape index (κ1) is 14.0. The van der Waals surface area contributed by atoms with Gasteiger partial charge in [-0.25, -0.2) is 0 Å². The van der Waals surface area contributed by atoms with Crippen LogP contribution in [0.4, 0.5) is 0 Å². The van der Waals surface area contributed by atoms with E-state index in [2.05, 4.69) is 59.8 Å². The predicted molar refractivity (Wildman–Crippen MR) is 80.6 cm³/mol. The maximum Gasteiger partial charge on any atom is 0.0481 e. The molecule has 3 unspecified atom stereocenters. The minimum absolute atomic E-state index is 0.340. The van der Waals surface area contributed by atoms with Gasteiger partial charge < -0.3 is 5.73 Å². The number of nitrogens with two attached hydrogens (primary N) is 1. The summed E-state index contributed by atoms with van der Waals surface area (Å²) in [5, 5.41) is 0. The summed E-state index contributed by atoms with van der Waals surface area (Å²) < 4.78 is 1.19. The highest BCUT2D eigenvalue weighted by Gasteiger charge is 2.31. The second kappa shape index (κ2) is 5.72. The van der Waals surface area contributed by atoms with Gasteiger partial charge in [0.2, 0.25) is 0 Å². The average molecular weight is 311 g/mol. The van der Waals surface area contributed by atoms with Crippen molar-refractivity contribution >= 4 is 15.9 Å². The van der Waals surface area contributed by atoms with Crippen molar-refractivity contribution in [3.8, 4) is 0 Å². The standard InChI is InChI=1S/C15H23BrN2/c1-10-4-5-13(14(16)6-10)15(7-17)18-8-11(2)12(3)9-18/h4-6,11-12,15H,7-9,17H2,1-3H3. The highest BCUT2D eigenvalue weighted by atomic mass is 79.9. The predicted octanol–water partition coefficient (Wildman–Crippen LogP) is 3.35. The molecule has 1 heterocycles. The quantitative estimate of drug-likeness (QED) is 0.927. The molecule has 0 bridgehead atoms. The number of hydrogen-bond acceptors (Lipinski definition) is 2. The number of hydrogen-bond donors (Lipinski definition) is 1. The van der Waals surface area contributed by atoms with Crippen LogP contribution >= 0.6 is 15.9 Å². The fourth-order valence-electron chi connectivity index (χ4n) is 2.80. The van der Waals surface area contributed by atoms with Crippen LogP contribution in [0, 0.1) is 18.8 Å². The normalized spacial score (nSPS) is 26.5. The van der Waals surface area contributed by atoms with Crippen LogP contribution in [0.15, 0.2) is 22.7 Å². The number of benzene rings is 1. The number of rotatable bonds is 3. The molecule has 0 spiro atoms. The maximum atomic E-state index is 6.02. The molecule has 2 nitrogen and oxygen atoms in total. The first-order valence-electron chi connectivity index (χ1n) is 6.73. The monoisotopic (exact) mass is 310 g/mol.